The molecule has 19 heavy (non-hydrogen) atoms. The Morgan fingerprint density at radius 2 is 1.84 bits per heavy atom. The van der Waals surface area contributed by atoms with Crippen molar-refractivity contribution in [3.63, 3.8) is 0 Å². The Balaban J connectivity index is 2.22. The number of alkyl halides is 2. The average Bonchev–Trinajstić information content (AvgIpc) is 2.40. The Bertz CT molecular complexity index is 423. The molecule has 0 saturated carbocycles. The Labute approximate surface area is 128 Å². The van der Waals surface area contributed by atoms with Crippen LogP contribution in [-0.4, -0.2) is 37.5 Å². The molecule has 0 unspecified atom stereocenters. The van der Waals surface area contributed by atoms with E-state index in [-0.39, 0.29) is 12.5 Å². The van der Waals surface area contributed by atoms with Crippen molar-refractivity contribution in [3.8, 4) is 0 Å². The fourth-order valence-corrected chi connectivity index (χ4v) is 3.02. The number of nitrogens with one attached hydrogen (secondary N) is 1. The first kappa shape index (κ1) is 15.4. The summed E-state index contributed by atoms with van der Waals surface area (Å²) in [5.74, 6) is 0. The summed E-state index contributed by atoms with van der Waals surface area (Å²) in [6.45, 7) is 3.34. The third-order valence-electron chi connectivity index (χ3n) is 3.32. The van der Waals surface area contributed by atoms with Crippen LogP contribution in [-0.2, 0) is 0 Å². The molecule has 1 aromatic carbocycles. The van der Waals surface area contributed by atoms with Crippen LogP contribution in [0.2, 0.25) is 0 Å². The van der Waals surface area contributed by atoms with Crippen molar-refractivity contribution in [3.05, 3.63) is 32.7 Å². The van der Waals surface area contributed by atoms with Crippen molar-refractivity contribution in [1.82, 2.24) is 10.2 Å². The maximum atomic E-state index is 12.8. The summed E-state index contributed by atoms with van der Waals surface area (Å²) < 4.78 is 27.5. The van der Waals surface area contributed by atoms with Crippen LogP contribution in [0.3, 0.4) is 0 Å². The monoisotopic (exact) mass is 396 g/mol. The molecule has 0 aliphatic carbocycles. The smallest absolute Gasteiger partial charge is 0.240 e. The molecule has 0 spiro atoms. The first-order valence-corrected chi connectivity index (χ1v) is 7.84. The molecule has 1 heterocycles. The third kappa shape index (κ3) is 4.21. The number of piperazine rings is 1. The fraction of sp³-hybridized carbons (Fsp3) is 0.538. The summed E-state index contributed by atoms with van der Waals surface area (Å²) in [6, 6.07) is 5.54. The molecule has 1 aliphatic rings. The fourth-order valence-electron chi connectivity index (χ4n) is 2.38. The van der Waals surface area contributed by atoms with Crippen LogP contribution < -0.4 is 5.32 Å². The van der Waals surface area contributed by atoms with Crippen LogP contribution in [0.25, 0.3) is 0 Å². The molecule has 1 fully saturated rings. The standard InChI is InChI=1S/C13H16Br2F2N2/c14-10-2-1-9(7-11(10)15)12(8-13(16)17)19-5-3-18-4-6-19/h1-2,7,12-13,18H,3-6,8H2/t12-/m0/s1. The number of benzene rings is 1. The lowest BCUT2D eigenvalue weighted by molar-refractivity contribution is 0.0739. The Hall–Kier alpha value is -0.0400. The first-order chi connectivity index (χ1) is 9.08. The number of halogens is 4. The van der Waals surface area contributed by atoms with Crippen molar-refractivity contribution in [2.24, 2.45) is 0 Å². The predicted molar refractivity (Wildman–Crippen MR) is 79.6 cm³/mol. The van der Waals surface area contributed by atoms with Gasteiger partial charge in [0.15, 0.2) is 0 Å². The Morgan fingerprint density at radius 1 is 1.16 bits per heavy atom. The van der Waals surface area contributed by atoms with Gasteiger partial charge in [-0.25, -0.2) is 8.78 Å². The van der Waals surface area contributed by atoms with Crippen LogP contribution in [0.1, 0.15) is 18.0 Å². The quantitative estimate of drug-likeness (QED) is 0.830. The maximum absolute atomic E-state index is 12.8. The number of hydrogen-bond donors (Lipinski definition) is 1. The van der Waals surface area contributed by atoms with Gasteiger partial charge in [-0.2, -0.15) is 0 Å². The van der Waals surface area contributed by atoms with Gasteiger partial charge >= 0.3 is 0 Å². The van der Waals surface area contributed by atoms with E-state index in [1.54, 1.807) is 0 Å². The van der Waals surface area contributed by atoms with E-state index in [4.69, 9.17) is 0 Å². The molecule has 0 aromatic heterocycles. The molecular formula is C13H16Br2F2N2. The minimum atomic E-state index is -2.29. The lowest BCUT2D eigenvalue weighted by atomic mass is 10.0. The van der Waals surface area contributed by atoms with E-state index in [1.165, 1.54) is 0 Å². The number of nitrogens with zero attached hydrogens (tertiary/aromatic N) is 1. The van der Waals surface area contributed by atoms with Crippen molar-refractivity contribution < 1.29 is 8.78 Å². The Kier molecular flexibility index (Phi) is 5.74. The third-order valence-corrected chi connectivity index (χ3v) is 5.20. The molecule has 1 N–H and O–H groups in total. The highest BCUT2D eigenvalue weighted by Gasteiger charge is 2.25. The molecule has 2 rings (SSSR count). The van der Waals surface area contributed by atoms with Crippen molar-refractivity contribution in [1.29, 1.82) is 0 Å². The average molecular weight is 398 g/mol. The van der Waals surface area contributed by atoms with Crippen LogP contribution in [0, 0.1) is 0 Å². The van der Waals surface area contributed by atoms with Gasteiger partial charge in [0, 0.05) is 47.6 Å². The van der Waals surface area contributed by atoms with Crippen LogP contribution in [0.4, 0.5) is 8.78 Å². The molecule has 1 saturated heterocycles. The van der Waals surface area contributed by atoms with Crippen molar-refractivity contribution in [2.75, 3.05) is 26.2 Å². The van der Waals surface area contributed by atoms with Crippen molar-refractivity contribution in [2.45, 2.75) is 18.9 Å². The summed E-state index contributed by atoms with van der Waals surface area (Å²) in [5, 5.41) is 3.25. The normalized spacial score (nSPS) is 18.8. The predicted octanol–water partition coefficient (Wildman–Crippen LogP) is 3.81. The van der Waals surface area contributed by atoms with Gasteiger partial charge in [0.2, 0.25) is 6.43 Å². The van der Waals surface area contributed by atoms with Gasteiger partial charge in [-0.1, -0.05) is 6.07 Å². The van der Waals surface area contributed by atoms with Crippen LogP contribution >= 0.6 is 31.9 Å². The molecule has 106 valence electrons. The zero-order valence-corrected chi connectivity index (χ0v) is 13.6. The van der Waals surface area contributed by atoms with Gasteiger partial charge in [0.1, 0.15) is 0 Å². The summed E-state index contributed by atoms with van der Waals surface area (Å²) in [6.07, 6.45) is -2.41. The minimum Gasteiger partial charge on any atom is -0.314 e. The summed E-state index contributed by atoms with van der Waals surface area (Å²) >= 11 is 6.85. The highest BCUT2D eigenvalue weighted by molar-refractivity contribution is 9.13. The summed E-state index contributed by atoms with van der Waals surface area (Å²) in [7, 11) is 0. The van der Waals surface area contributed by atoms with E-state index in [2.05, 4.69) is 42.1 Å². The largest absolute Gasteiger partial charge is 0.314 e. The summed E-state index contributed by atoms with van der Waals surface area (Å²) in [4.78, 5) is 2.14. The topological polar surface area (TPSA) is 15.3 Å². The van der Waals surface area contributed by atoms with E-state index in [0.717, 1.165) is 40.7 Å². The molecule has 0 amide bonds. The zero-order chi connectivity index (χ0) is 13.8. The molecular weight excluding hydrogens is 382 g/mol. The van der Waals surface area contributed by atoms with E-state index >= 15 is 0 Å². The molecule has 1 atom stereocenters. The maximum Gasteiger partial charge on any atom is 0.240 e. The highest BCUT2D eigenvalue weighted by atomic mass is 79.9. The zero-order valence-electron chi connectivity index (χ0n) is 10.4. The Morgan fingerprint density at radius 3 is 2.42 bits per heavy atom. The lowest BCUT2D eigenvalue weighted by Crippen LogP contribution is -2.45. The van der Waals surface area contributed by atoms with Gasteiger partial charge in [-0.05, 0) is 49.6 Å². The number of rotatable bonds is 4. The molecule has 1 aliphatic heterocycles. The van der Waals surface area contributed by atoms with Crippen LogP contribution in [0.5, 0.6) is 0 Å². The molecule has 1 aromatic rings. The van der Waals surface area contributed by atoms with Gasteiger partial charge < -0.3 is 5.32 Å². The second-order valence-corrected chi connectivity index (χ2v) is 6.31. The second kappa shape index (κ2) is 7.11. The van der Waals surface area contributed by atoms with E-state index in [1.807, 2.05) is 18.2 Å². The molecule has 6 heteroatoms. The molecule has 2 nitrogen and oxygen atoms in total. The minimum absolute atomic E-state index is 0.117. The summed E-state index contributed by atoms with van der Waals surface area (Å²) in [5.41, 5.74) is 0.942. The SMILES string of the molecule is FC(F)C[C@@H](c1ccc(Br)c(Br)c1)N1CCNCC1. The van der Waals surface area contributed by atoms with E-state index in [0.29, 0.717) is 0 Å². The first-order valence-electron chi connectivity index (χ1n) is 6.26. The molecule has 0 bridgehead atoms. The highest BCUT2D eigenvalue weighted by Crippen LogP contribution is 2.32. The van der Waals surface area contributed by atoms with Gasteiger partial charge in [0.05, 0.1) is 0 Å². The van der Waals surface area contributed by atoms with E-state index in [9.17, 15) is 8.78 Å². The lowest BCUT2D eigenvalue weighted by Gasteiger charge is -2.35. The van der Waals surface area contributed by atoms with Gasteiger partial charge in [-0.3, -0.25) is 4.90 Å². The molecule has 0 radical (unpaired) electrons. The van der Waals surface area contributed by atoms with Crippen molar-refractivity contribution >= 4 is 31.9 Å². The van der Waals surface area contributed by atoms with Crippen LogP contribution in [0.15, 0.2) is 27.1 Å². The second-order valence-electron chi connectivity index (χ2n) is 4.60. The number of hydrogen-bond acceptors (Lipinski definition) is 2. The van der Waals surface area contributed by atoms with Gasteiger partial charge in [0.25, 0.3) is 0 Å². The van der Waals surface area contributed by atoms with E-state index < -0.39 is 6.43 Å². The van der Waals surface area contributed by atoms with Gasteiger partial charge in [-0.15, -0.1) is 0 Å².